The predicted octanol–water partition coefficient (Wildman–Crippen LogP) is 1.45. The van der Waals surface area contributed by atoms with Crippen molar-refractivity contribution in [1.29, 1.82) is 0 Å². The first-order valence-corrected chi connectivity index (χ1v) is 8.08. The van der Waals surface area contributed by atoms with Crippen LogP contribution >= 0.6 is 27.3 Å². The number of nitrogens with one attached hydrogen (secondary N) is 1. The molecule has 2 N–H and O–H groups in total. The van der Waals surface area contributed by atoms with Gasteiger partial charge in [-0.2, -0.15) is 0 Å². The number of thiophene rings is 1. The fraction of sp³-hybridized carbons (Fsp3) is 0.444. The maximum absolute atomic E-state index is 11.4. The van der Waals surface area contributed by atoms with Gasteiger partial charge in [-0.05, 0) is 34.5 Å². The Hall–Kier alpha value is -0.440. The Balaban J connectivity index is 2.32. The lowest BCUT2D eigenvalue weighted by atomic mass is 10.3. The van der Waals surface area contributed by atoms with Crippen LogP contribution in [-0.2, 0) is 21.2 Å². The molecule has 0 fully saturated rings. The van der Waals surface area contributed by atoms with Crippen LogP contribution in [-0.4, -0.2) is 31.8 Å². The first-order valence-electron chi connectivity index (χ1n) is 4.82. The number of halogens is 1. The van der Waals surface area contributed by atoms with Crippen molar-refractivity contribution in [3.8, 4) is 0 Å². The van der Waals surface area contributed by atoms with Crippen LogP contribution in [0, 0.1) is 0 Å². The molecule has 0 spiro atoms. The molecule has 0 bridgehead atoms. The number of hydrogen-bond donors (Lipinski definition) is 2. The highest BCUT2D eigenvalue weighted by Gasteiger charge is 2.12. The smallest absolute Gasteiger partial charge is 0.304 e. The zero-order chi connectivity index (χ0) is 12.9. The van der Waals surface area contributed by atoms with E-state index < -0.39 is 16.0 Å². The highest BCUT2D eigenvalue weighted by atomic mass is 79.9. The van der Waals surface area contributed by atoms with Crippen LogP contribution < -0.4 is 4.72 Å². The Bertz CT molecular complexity index is 483. The summed E-state index contributed by atoms with van der Waals surface area (Å²) < 4.78 is 26.1. The van der Waals surface area contributed by atoms with E-state index in [2.05, 4.69) is 20.7 Å². The van der Waals surface area contributed by atoms with E-state index in [1.807, 2.05) is 12.1 Å². The maximum Gasteiger partial charge on any atom is 0.304 e. The van der Waals surface area contributed by atoms with Crippen molar-refractivity contribution in [2.24, 2.45) is 0 Å². The maximum atomic E-state index is 11.4. The first-order chi connectivity index (χ1) is 7.89. The summed E-state index contributed by atoms with van der Waals surface area (Å²) in [6, 6.07) is 3.82. The zero-order valence-electron chi connectivity index (χ0n) is 8.85. The van der Waals surface area contributed by atoms with Gasteiger partial charge in [-0.25, -0.2) is 13.1 Å². The molecule has 17 heavy (non-hydrogen) atoms. The summed E-state index contributed by atoms with van der Waals surface area (Å²) in [5, 5.41) is 8.39. The van der Waals surface area contributed by atoms with Crippen LogP contribution in [0.4, 0.5) is 0 Å². The molecule has 0 aromatic carbocycles. The van der Waals surface area contributed by atoms with Gasteiger partial charge in [-0.1, -0.05) is 0 Å². The standard InChI is InChI=1S/C9H12BrNO4S2/c10-8-2-1-7(16-8)3-5-11-17(14,15)6-4-9(12)13/h1-2,11H,3-6H2,(H,12,13). The molecule has 0 aliphatic heterocycles. The van der Waals surface area contributed by atoms with E-state index >= 15 is 0 Å². The van der Waals surface area contributed by atoms with Crippen molar-refractivity contribution < 1.29 is 18.3 Å². The molecule has 96 valence electrons. The third-order valence-electron chi connectivity index (χ3n) is 1.91. The number of aliphatic carboxylic acids is 1. The molecule has 0 atom stereocenters. The molecular formula is C9H12BrNO4S2. The fourth-order valence-electron chi connectivity index (χ4n) is 1.11. The molecule has 0 amide bonds. The largest absolute Gasteiger partial charge is 0.481 e. The molecule has 0 unspecified atom stereocenters. The lowest BCUT2D eigenvalue weighted by molar-refractivity contribution is -0.136. The van der Waals surface area contributed by atoms with Crippen molar-refractivity contribution in [2.75, 3.05) is 12.3 Å². The summed E-state index contributed by atoms with van der Waals surface area (Å²) in [6.07, 6.45) is 0.225. The Morgan fingerprint density at radius 1 is 1.47 bits per heavy atom. The average Bonchev–Trinajstić information content (AvgIpc) is 2.61. The van der Waals surface area contributed by atoms with E-state index in [4.69, 9.17) is 5.11 Å². The third-order valence-corrected chi connectivity index (χ3v) is 4.98. The fourth-order valence-corrected chi connectivity index (χ4v) is 3.59. The van der Waals surface area contributed by atoms with Crippen molar-refractivity contribution in [3.63, 3.8) is 0 Å². The zero-order valence-corrected chi connectivity index (χ0v) is 12.1. The van der Waals surface area contributed by atoms with Gasteiger partial charge in [0.1, 0.15) is 0 Å². The number of hydrogen-bond acceptors (Lipinski definition) is 4. The summed E-state index contributed by atoms with van der Waals surface area (Å²) in [5.74, 6) is -1.49. The molecule has 0 aliphatic rings. The molecule has 8 heteroatoms. The molecule has 1 rings (SSSR count). The lowest BCUT2D eigenvalue weighted by Crippen LogP contribution is -2.29. The molecule has 1 heterocycles. The van der Waals surface area contributed by atoms with E-state index in [0.717, 1.165) is 8.66 Å². The highest BCUT2D eigenvalue weighted by Crippen LogP contribution is 2.22. The number of rotatable bonds is 7. The Labute approximate surface area is 112 Å². The van der Waals surface area contributed by atoms with Gasteiger partial charge in [0.25, 0.3) is 0 Å². The van der Waals surface area contributed by atoms with Gasteiger partial charge in [0.2, 0.25) is 10.0 Å². The van der Waals surface area contributed by atoms with E-state index in [0.29, 0.717) is 6.42 Å². The molecule has 5 nitrogen and oxygen atoms in total. The van der Waals surface area contributed by atoms with Crippen molar-refractivity contribution >= 4 is 43.3 Å². The Morgan fingerprint density at radius 3 is 2.71 bits per heavy atom. The summed E-state index contributed by atoms with van der Waals surface area (Å²) in [5.41, 5.74) is 0. The predicted molar refractivity (Wildman–Crippen MR) is 69.8 cm³/mol. The van der Waals surface area contributed by atoms with E-state index in [9.17, 15) is 13.2 Å². The van der Waals surface area contributed by atoms with Gasteiger partial charge >= 0.3 is 5.97 Å². The topological polar surface area (TPSA) is 83.5 Å². The number of carbonyl (C=O) groups is 1. The summed E-state index contributed by atoms with van der Waals surface area (Å²) in [6.45, 7) is 0.287. The Kier molecular flexibility index (Phi) is 5.57. The van der Waals surface area contributed by atoms with E-state index in [1.165, 1.54) is 0 Å². The second kappa shape index (κ2) is 6.48. The normalized spacial score (nSPS) is 11.6. The monoisotopic (exact) mass is 341 g/mol. The molecule has 0 radical (unpaired) electrons. The molecule has 1 aromatic rings. The number of carboxylic acid groups (broad SMARTS) is 1. The second-order valence-electron chi connectivity index (χ2n) is 3.31. The molecule has 0 saturated carbocycles. The third kappa shape index (κ3) is 6.16. The van der Waals surface area contributed by atoms with Crippen molar-refractivity contribution in [2.45, 2.75) is 12.8 Å². The van der Waals surface area contributed by atoms with Crippen LogP contribution in [0.3, 0.4) is 0 Å². The van der Waals surface area contributed by atoms with E-state index in [-0.39, 0.29) is 18.7 Å². The van der Waals surface area contributed by atoms with Crippen LogP contribution in [0.5, 0.6) is 0 Å². The van der Waals surface area contributed by atoms with Gasteiger partial charge in [-0.3, -0.25) is 4.79 Å². The van der Waals surface area contributed by atoms with Crippen LogP contribution in [0.1, 0.15) is 11.3 Å². The summed E-state index contributed by atoms with van der Waals surface area (Å²) >= 11 is 4.86. The molecule has 1 aromatic heterocycles. The van der Waals surface area contributed by atoms with Crippen molar-refractivity contribution in [1.82, 2.24) is 4.72 Å². The lowest BCUT2D eigenvalue weighted by Gasteiger charge is -2.04. The van der Waals surface area contributed by atoms with Gasteiger partial charge in [0.05, 0.1) is 16.0 Å². The van der Waals surface area contributed by atoms with Gasteiger partial charge < -0.3 is 5.11 Å². The number of sulfonamides is 1. The first kappa shape index (κ1) is 14.6. The Morgan fingerprint density at radius 2 is 2.18 bits per heavy atom. The van der Waals surface area contributed by atoms with E-state index in [1.54, 1.807) is 11.3 Å². The van der Waals surface area contributed by atoms with Gasteiger partial charge in [-0.15, -0.1) is 11.3 Å². The summed E-state index contributed by atoms with van der Waals surface area (Å²) in [7, 11) is -3.48. The minimum absolute atomic E-state index is 0.287. The molecule has 0 aliphatic carbocycles. The average molecular weight is 342 g/mol. The van der Waals surface area contributed by atoms with Crippen LogP contribution in [0.25, 0.3) is 0 Å². The highest BCUT2D eigenvalue weighted by molar-refractivity contribution is 9.11. The minimum atomic E-state index is -3.48. The van der Waals surface area contributed by atoms with Crippen LogP contribution in [0.15, 0.2) is 15.9 Å². The van der Waals surface area contributed by atoms with Gasteiger partial charge in [0, 0.05) is 11.4 Å². The minimum Gasteiger partial charge on any atom is -0.481 e. The second-order valence-corrected chi connectivity index (χ2v) is 7.79. The SMILES string of the molecule is O=C(O)CCS(=O)(=O)NCCc1ccc(Br)s1. The molecular weight excluding hydrogens is 330 g/mol. The van der Waals surface area contributed by atoms with Crippen molar-refractivity contribution in [3.05, 3.63) is 20.8 Å². The van der Waals surface area contributed by atoms with Crippen LogP contribution in [0.2, 0.25) is 0 Å². The number of carboxylic acids is 1. The quantitative estimate of drug-likeness (QED) is 0.786. The van der Waals surface area contributed by atoms with Gasteiger partial charge in [0.15, 0.2) is 0 Å². The molecule has 0 saturated heterocycles. The summed E-state index contributed by atoms with van der Waals surface area (Å²) in [4.78, 5) is 11.3.